The molecule has 4 nitrogen and oxygen atoms in total. The lowest BCUT2D eigenvalue weighted by molar-refractivity contribution is -0.142. The maximum Gasteiger partial charge on any atom is 0.419 e. The molecule has 1 aliphatic rings. The van der Waals surface area contributed by atoms with Crippen LogP contribution in [-0.2, 0) is 20.4 Å². The van der Waals surface area contributed by atoms with Crippen LogP contribution in [0.25, 0.3) is 0 Å². The number of nitrogens with zero attached hydrogens (tertiary/aromatic N) is 1. The zero-order chi connectivity index (χ0) is 14.9. The molecule has 0 saturated heterocycles. The summed E-state index contributed by atoms with van der Waals surface area (Å²) >= 11 is 0. The summed E-state index contributed by atoms with van der Waals surface area (Å²) < 4.78 is 60.4. The van der Waals surface area contributed by atoms with Gasteiger partial charge in [0.1, 0.15) is 12.4 Å². The summed E-state index contributed by atoms with van der Waals surface area (Å²) in [5, 5.41) is 0. The second-order valence-electron chi connectivity index (χ2n) is 3.98. The third-order valence-electron chi connectivity index (χ3n) is 2.64. The number of hydrogen-bond acceptors (Lipinski definition) is 4. The lowest BCUT2D eigenvalue weighted by Crippen LogP contribution is -2.21. The first-order chi connectivity index (χ1) is 9.32. The number of hydrogen-bond donors (Lipinski definition) is 0. The molecule has 0 bridgehead atoms. The Bertz CT molecular complexity index is 568. The molecule has 0 saturated carbocycles. The normalized spacial score (nSPS) is 18.4. The molecular weight excluding hydrogens is 282 g/mol. The second kappa shape index (κ2) is 5.10. The smallest absolute Gasteiger partial charge is 0.419 e. The van der Waals surface area contributed by atoms with E-state index in [-0.39, 0.29) is 18.1 Å². The molecule has 0 aromatic heterocycles. The van der Waals surface area contributed by atoms with Crippen molar-refractivity contribution in [2.45, 2.75) is 12.2 Å². The average Bonchev–Trinajstić information content (AvgIpc) is 2.86. The minimum absolute atomic E-state index is 0.0508. The van der Waals surface area contributed by atoms with Crippen molar-refractivity contribution in [1.82, 2.24) is 0 Å². The molecule has 8 heteroatoms. The van der Waals surface area contributed by atoms with E-state index in [1.165, 1.54) is 0 Å². The number of methoxy groups -OCH3 is 1. The van der Waals surface area contributed by atoms with Gasteiger partial charge in [0.25, 0.3) is 0 Å². The quantitative estimate of drug-likeness (QED) is 0.619. The molecule has 1 aromatic carbocycles. The topological polar surface area (TPSA) is 47.9 Å². The van der Waals surface area contributed by atoms with Crippen LogP contribution in [0.5, 0.6) is 0 Å². The van der Waals surface area contributed by atoms with Crippen molar-refractivity contribution in [2.75, 3.05) is 13.7 Å². The van der Waals surface area contributed by atoms with E-state index in [0.717, 1.165) is 13.2 Å². The Hall–Kier alpha value is -2.12. The second-order valence-corrected chi connectivity index (χ2v) is 3.98. The number of ether oxygens (including phenoxy) is 2. The number of carbonyl (C=O) groups excluding carboxylic acids is 1. The fourth-order valence-corrected chi connectivity index (χ4v) is 1.66. The molecular formula is C12H9F4NO3. The van der Waals surface area contributed by atoms with Gasteiger partial charge < -0.3 is 9.47 Å². The van der Waals surface area contributed by atoms with Crippen LogP contribution >= 0.6 is 0 Å². The van der Waals surface area contributed by atoms with Crippen LogP contribution in [0, 0.1) is 5.82 Å². The summed E-state index contributed by atoms with van der Waals surface area (Å²) in [6.45, 7) is -0.124. The van der Waals surface area contributed by atoms with Gasteiger partial charge in [-0.25, -0.2) is 14.2 Å². The van der Waals surface area contributed by atoms with Gasteiger partial charge in [0.2, 0.25) is 5.90 Å². The van der Waals surface area contributed by atoms with Crippen molar-refractivity contribution < 1.29 is 31.8 Å². The summed E-state index contributed by atoms with van der Waals surface area (Å²) in [5.74, 6) is -2.19. The van der Waals surface area contributed by atoms with Crippen molar-refractivity contribution in [3.8, 4) is 0 Å². The summed E-state index contributed by atoms with van der Waals surface area (Å²) in [5.41, 5.74) is -1.46. The molecule has 0 unspecified atom stereocenters. The highest BCUT2D eigenvalue weighted by atomic mass is 19.4. The fraction of sp³-hybridized carbons (Fsp3) is 0.333. The Kier molecular flexibility index (Phi) is 3.65. The lowest BCUT2D eigenvalue weighted by atomic mass is 10.1. The first-order valence-corrected chi connectivity index (χ1v) is 5.48. The summed E-state index contributed by atoms with van der Waals surface area (Å²) in [7, 11) is 1.16. The van der Waals surface area contributed by atoms with Crippen LogP contribution in [0.3, 0.4) is 0 Å². The summed E-state index contributed by atoms with van der Waals surface area (Å²) in [6, 6.07) is 1.45. The van der Waals surface area contributed by atoms with E-state index in [0.29, 0.717) is 12.1 Å². The first kappa shape index (κ1) is 14.3. The minimum atomic E-state index is -4.82. The van der Waals surface area contributed by atoms with Gasteiger partial charge in [0.05, 0.1) is 12.7 Å². The number of carbonyl (C=O) groups is 1. The number of rotatable bonds is 2. The van der Waals surface area contributed by atoms with Gasteiger partial charge in [-0.05, 0) is 18.2 Å². The predicted molar refractivity (Wildman–Crippen MR) is 59.7 cm³/mol. The van der Waals surface area contributed by atoms with Gasteiger partial charge in [0.15, 0.2) is 6.04 Å². The molecule has 1 atom stereocenters. The lowest BCUT2D eigenvalue weighted by Gasteiger charge is -2.09. The highest BCUT2D eigenvalue weighted by molar-refractivity contribution is 5.97. The van der Waals surface area contributed by atoms with Gasteiger partial charge in [-0.15, -0.1) is 0 Å². The molecule has 0 aliphatic carbocycles. The van der Waals surface area contributed by atoms with Crippen molar-refractivity contribution in [3.05, 3.63) is 35.1 Å². The van der Waals surface area contributed by atoms with Crippen LogP contribution in [0.15, 0.2) is 23.2 Å². The first-order valence-electron chi connectivity index (χ1n) is 5.48. The van der Waals surface area contributed by atoms with E-state index in [4.69, 9.17) is 4.74 Å². The van der Waals surface area contributed by atoms with Crippen LogP contribution in [0.1, 0.15) is 11.1 Å². The molecule has 0 N–H and O–H groups in total. The molecule has 1 aromatic rings. The van der Waals surface area contributed by atoms with E-state index < -0.39 is 29.6 Å². The summed E-state index contributed by atoms with van der Waals surface area (Å²) in [6.07, 6.45) is -4.82. The van der Waals surface area contributed by atoms with Gasteiger partial charge in [-0.1, -0.05) is 0 Å². The summed E-state index contributed by atoms with van der Waals surface area (Å²) in [4.78, 5) is 15.0. The highest BCUT2D eigenvalue weighted by Gasteiger charge is 2.35. The average molecular weight is 291 g/mol. The minimum Gasteiger partial charge on any atom is -0.475 e. The predicted octanol–water partition coefficient (Wildman–Crippen LogP) is 2.16. The van der Waals surface area contributed by atoms with Crippen LogP contribution in [0.2, 0.25) is 0 Å². The van der Waals surface area contributed by atoms with E-state index >= 15 is 0 Å². The molecule has 0 radical (unpaired) electrons. The van der Waals surface area contributed by atoms with Gasteiger partial charge >= 0.3 is 12.1 Å². The SMILES string of the molecule is COC(=O)[C@H]1COC(c2ccc(F)c(C(F)(F)F)c2)=N1. The molecule has 20 heavy (non-hydrogen) atoms. The Morgan fingerprint density at radius 2 is 2.15 bits per heavy atom. The number of halogens is 4. The number of benzene rings is 1. The number of alkyl halides is 3. The van der Waals surface area contributed by atoms with Crippen LogP contribution in [0.4, 0.5) is 17.6 Å². The van der Waals surface area contributed by atoms with E-state index in [1.54, 1.807) is 0 Å². The molecule has 1 heterocycles. The molecule has 2 rings (SSSR count). The van der Waals surface area contributed by atoms with Crippen LogP contribution < -0.4 is 0 Å². The molecule has 108 valence electrons. The van der Waals surface area contributed by atoms with Gasteiger partial charge in [-0.2, -0.15) is 13.2 Å². The van der Waals surface area contributed by atoms with E-state index in [2.05, 4.69) is 9.73 Å². The molecule has 1 aliphatic heterocycles. The molecule has 0 spiro atoms. The third kappa shape index (κ3) is 2.73. The van der Waals surface area contributed by atoms with Crippen molar-refractivity contribution in [3.63, 3.8) is 0 Å². The number of aliphatic imine (C=N–C) groups is 1. The maximum atomic E-state index is 13.1. The Morgan fingerprint density at radius 3 is 2.75 bits per heavy atom. The number of esters is 1. The molecule has 0 amide bonds. The fourth-order valence-electron chi connectivity index (χ4n) is 1.66. The third-order valence-corrected chi connectivity index (χ3v) is 2.64. The molecule has 0 fully saturated rings. The standard InChI is InChI=1S/C12H9F4NO3/c1-19-11(18)9-5-20-10(17-9)6-2-3-8(13)7(4-6)12(14,15)16/h2-4,9H,5H2,1H3/t9-/m1/s1. The Balaban J connectivity index is 2.33. The van der Waals surface area contributed by atoms with Gasteiger partial charge in [-0.3, -0.25) is 0 Å². The Morgan fingerprint density at radius 1 is 1.45 bits per heavy atom. The van der Waals surface area contributed by atoms with E-state index in [1.807, 2.05) is 0 Å². The Labute approximate surface area is 111 Å². The van der Waals surface area contributed by atoms with E-state index in [9.17, 15) is 22.4 Å². The largest absolute Gasteiger partial charge is 0.475 e. The van der Waals surface area contributed by atoms with Crippen molar-refractivity contribution >= 4 is 11.9 Å². The van der Waals surface area contributed by atoms with Crippen LogP contribution in [-0.4, -0.2) is 31.6 Å². The monoisotopic (exact) mass is 291 g/mol. The van der Waals surface area contributed by atoms with Gasteiger partial charge in [0, 0.05) is 5.56 Å². The zero-order valence-corrected chi connectivity index (χ0v) is 10.2. The van der Waals surface area contributed by atoms with Crippen molar-refractivity contribution in [2.24, 2.45) is 4.99 Å². The maximum absolute atomic E-state index is 13.1. The van der Waals surface area contributed by atoms with Crippen molar-refractivity contribution in [1.29, 1.82) is 0 Å². The highest BCUT2D eigenvalue weighted by Crippen LogP contribution is 2.32. The zero-order valence-electron chi connectivity index (χ0n) is 10.2.